The molecule has 3 atom stereocenters. The second-order valence-corrected chi connectivity index (χ2v) is 10.5. The van der Waals surface area contributed by atoms with E-state index in [1.54, 1.807) is 0 Å². The number of aliphatic hydroxyl groups is 2. The van der Waals surface area contributed by atoms with E-state index >= 15 is 0 Å². The molecule has 0 fully saturated rings. The predicted octanol–water partition coefficient (Wildman–Crippen LogP) is 7.17. The zero-order chi connectivity index (χ0) is 25.2. The highest BCUT2D eigenvalue weighted by Crippen LogP contribution is 2.36. The van der Waals surface area contributed by atoms with E-state index in [1.807, 2.05) is 86.6 Å². The molecular formula is C31H28INO3. The van der Waals surface area contributed by atoms with Crippen molar-refractivity contribution in [3.8, 4) is 0 Å². The third kappa shape index (κ3) is 5.19. The molecule has 5 aromatic rings. The van der Waals surface area contributed by atoms with Gasteiger partial charge in [-0.25, -0.2) is 0 Å². The fraction of sp³-hybridized carbons (Fsp3) is 0.161. The predicted molar refractivity (Wildman–Crippen MR) is 150 cm³/mol. The van der Waals surface area contributed by atoms with Crippen LogP contribution in [-0.2, 0) is 0 Å². The van der Waals surface area contributed by atoms with E-state index in [4.69, 9.17) is 4.42 Å². The highest BCUT2D eigenvalue weighted by atomic mass is 127. The Bertz CT molecular complexity index is 1340. The molecule has 2 heterocycles. The Morgan fingerprint density at radius 1 is 0.583 bits per heavy atom. The molecule has 182 valence electrons. The first-order chi connectivity index (χ1) is 17.4. The van der Waals surface area contributed by atoms with E-state index in [-0.39, 0.29) is 5.92 Å². The molecule has 36 heavy (non-hydrogen) atoms. The molecule has 0 bridgehead atoms. The van der Waals surface area contributed by atoms with Crippen LogP contribution in [0.3, 0.4) is 0 Å². The normalized spacial score (nSPS) is 13.9. The van der Waals surface area contributed by atoms with Gasteiger partial charge in [-0.05, 0) is 89.5 Å². The van der Waals surface area contributed by atoms with Crippen molar-refractivity contribution in [2.45, 2.75) is 32.0 Å². The molecule has 0 saturated carbocycles. The van der Waals surface area contributed by atoms with Crippen molar-refractivity contribution in [3.05, 3.63) is 151 Å². The number of rotatable bonds is 7. The standard InChI is InChI=1S/C31H28INO3/c1-19-3-7-22(8-4-19)30(34)26-16-15-25(33-26)29(21-11-13-24(32)14-12-21)27-17-18-28(36-27)31(35)23-9-5-20(2)6-10-23/h3-18,29-31,33-35H,1-2H3. The molecule has 2 aromatic heterocycles. The molecule has 0 spiro atoms. The Morgan fingerprint density at radius 3 is 1.69 bits per heavy atom. The summed E-state index contributed by atoms with van der Waals surface area (Å²) in [6.45, 7) is 4.05. The molecule has 0 amide bonds. The molecule has 4 nitrogen and oxygen atoms in total. The lowest BCUT2D eigenvalue weighted by Gasteiger charge is -2.16. The number of aromatic nitrogens is 1. The molecule has 5 rings (SSSR count). The van der Waals surface area contributed by atoms with Gasteiger partial charge in [0.25, 0.3) is 0 Å². The molecule has 3 N–H and O–H groups in total. The van der Waals surface area contributed by atoms with E-state index in [1.165, 1.54) is 0 Å². The Balaban J connectivity index is 1.50. The molecule has 0 radical (unpaired) electrons. The van der Waals surface area contributed by atoms with Gasteiger partial charge in [0.1, 0.15) is 23.7 Å². The minimum Gasteiger partial charge on any atom is -0.462 e. The highest BCUT2D eigenvalue weighted by Gasteiger charge is 2.25. The van der Waals surface area contributed by atoms with Gasteiger partial charge in [-0.2, -0.15) is 0 Å². The average Bonchev–Trinajstić information content (AvgIpc) is 3.56. The van der Waals surface area contributed by atoms with Crippen LogP contribution in [0, 0.1) is 17.4 Å². The van der Waals surface area contributed by atoms with Crippen LogP contribution < -0.4 is 0 Å². The van der Waals surface area contributed by atoms with E-state index < -0.39 is 12.2 Å². The summed E-state index contributed by atoms with van der Waals surface area (Å²) in [4.78, 5) is 3.44. The Morgan fingerprint density at radius 2 is 1.08 bits per heavy atom. The van der Waals surface area contributed by atoms with Crippen LogP contribution in [0.15, 0.2) is 101 Å². The lowest BCUT2D eigenvalue weighted by Crippen LogP contribution is -2.05. The number of aromatic amines is 1. The SMILES string of the molecule is Cc1ccc(C(O)c2ccc(C(c3ccc(I)cc3)c3ccc(C(O)c4ccc(C)cc4)o3)[nH]2)cc1. The van der Waals surface area contributed by atoms with Crippen molar-refractivity contribution in [1.82, 2.24) is 4.98 Å². The van der Waals surface area contributed by atoms with E-state index in [2.05, 4.69) is 51.8 Å². The van der Waals surface area contributed by atoms with E-state index in [0.717, 1.165) is 48.5 Å². The van der Waals surface area contributed by atoms with Crippen molar-refractivity contribution in [3.63, 3.8) is 0 Å². The lowest BCUT2D eigenvalue weighted by molar-refractivity contribution is 0.186. The Labute approximate surface area is 224 Å². The number of benzene rings is 3. The molecular weight excluding hydrogens is 561 g/mol. The minimum atomic E-state index is -0.848. The van der Waals surface area contributed by atoms with Gasteiger partial charge < -0.3 is 19.6 Å². The zero-order valence-corrected chi connectivity index (χ0v) is 22.3. The van der Waals surface area contributed by atoms with Crippen LogP contribution in [-0.4, -0.2) is 15.2 Å². The number of aliphatic hydroxyl groups excluding tert-OH is 2. The van der Waals surface area contributed by atoms with E-state index in [0.29, 0.717) is 5.76 Å². The van der Waals surface area contributed by atoms with Gasteiger partial charge >= 0.3 is 0 Å². The summed E-state index contributed by atoms with van der Waals surface area (Å²) in [7, 11) is 0. The van der Waals surface area contributed by atoms with E-state index in [9.17, 15) is 10.2 Å². The third-order valence-electron chi connectivity index (χ3n) is 6.53. The maximum absolute atomic E-state index is 11.0. The van der Waals surface area contributed by atoms with Crippen LogP contribution in [0.1, 0.15) is 68.9 Å². The van der Waals surface area contributed by atoms with Gasteiger partial charge in [0, 0.05) is 15.0 Å². The molecule has 0 aliphatic heterocycles. The molecule has 0 saturated heterocycles. The highest BCUT2D eigenvalue weighted by molar-refractivity contribution is 14.1. The first-order valence-corrected chi connectivity index (χ1v) is 13.0. The fourth-order valence-corrected chi connectivity index (χ4v) is 4.78. The topological polar surface area (TPSA) is 69.4 Å². The number of hydrogen-bond acceptors (Lipinski definition) is 3. The maximum Gasteiger partial charge on any atom is 0.137 e. The monoisotopic (exact) mass is 589 g/mol. The van der Waals surface area contributed by atoms with Crippen LogP contribution in [0.25, 0.3) is 0 Å². The first kappa shape index (κ1) is 24.6. The van der Waals surface area contributed by atoms with Gasteiger partial charge in [-0.1, -0.05) is 71.8 Å². The van der Waals surface area contributed by atoms with Crippen molar-refractivity contribution in [2.24, 2.45) is 0 Å². The van der Waals surface area contributed by atoms with Crippen molar-refractivity contribution in [2.75, 3.05) is 0 Å². The average molecular weight is 589 g/mol. The van der Waals surface area contributed by atoms with Crippen LogP contribution >= 0.6 is 22.6 Å². The number of H-pyrrole nitrogens is 1. The molecule has 5 heteroatoms. The van der Waals surface area contributed by atoms with Crippen molar-refractivity contribution < 1.29 is 14.6 Å². The third-order valence-corrected chi connectivity index (χ3v) is 7.25. The molecule has 0 aliphatic carbocycles. The lowest BCUT2D eigenvalue weighted by atomic mass is 9.93. The number of aryl methyl sites for hydroxylation is 2. The number of furan rings is 1. The first-order valence-electron chi connectivity index (χ1n) is 11.9. The Kier molecular flexibility index (Phi) is 7.14. The maximum atomic E-state index is 11.0. The van der Waals surface area contributed by atoms with Gasteiger partial charge in [-0.3, -0.25) is 0 Å². The summed E-state index contributed by atoms with van der Waals surface area (Å²) in [5.74, 6) is 0.992. The molecule has 0 aliphatic rings. The fourth-order valence-electron chi connectivity index (χ4n) is 4.42. The van der Waals surface area contributed by atoms with Gasteiger partial charge in [-0.15, -0.1) is 0 Å². The van der Waals surface area contributed by atoms with Gasteiger partial charge in [0.15, 0.2) is 0 Å². The second kappa shape index (κ2) is 10.5. The van der Waals surface area contributed by atoms with Crippen LogP contribution in [0.4, 0.5) is 0 Å². The van der Waals surface area contributed by atoms with Gasteiger partial charge in [0.2, 0.25) is 0 Å². The van der Waals surface area contributed by atoms with Crippen LogP contribution in [0.2, 0.25) is 0 Å². The smallest absolute Gasteiger partial charge is 0.137 e. The summed E-state index contributed by atoms with van der Waals surface area (Å²) in [5, 5.41) is 21.9. The zero-order valence-electron chi connectivity index (χ0n) is 20.2. The number of halogens is 1. The summed E-state index contributed by atoms with van der Waals surface area (Å²) < 4.78 is 7.41. The molecule has 3 unspecified atom stereocenters. The summed E-state index contributed by atoms with van der Waals surface area (Å²) >= 11 is 2.29. The Hall–Kier alpha value is -3.13. The minimum absolute atomic E-state index is 0.222. The number of nitrogens with one attached hydrogen (secondary N) is 1. The largest absolute Gasteiger partial charge is 0.462 e. The quantitative estimate of drug-likeness (QED) is 0.176. The molecule has 3 aromatic carbocycles. The summed E-state index contributed by atoms with van der Waals surface area (Å²) in [6, 6.07) is 31.7. The van der Waals surface area contributed by atoms with Gasteiger partial charge in [0.05, 0.1) is 5.92 Å². The summed E-state index contributed by atoms with van der Waals surface area (Å²) in [6.07, 6.45) is -1.61. The van der Waals surface area contributed by atoms with Crippen molar-refractivity contribution >= 4 is 22.6 Å². The second-order valence-electron chi connectivity index (χ2n) is 9.22. The summed E-state index contributed by atoms with van der Waals surface area (Å²) in [5.41, 5.74) is 6.59. The number of hydrogen-bond donors (Lipinski definition) is 3. The van der Waals surface area contributed by atoms with Crippen molar-refractivity contribution in [1.29, 1.82) is 0 Å². The van der Waals surface area contributed by atoms with Crippen LogP contribution in [0.5, 0.6) is 0 Å².